The Hall–Kier alpha value is -0.900. The van der Waals surface area contributed by atoms with Crippen LogP contribution in [0.4, 0.5) is 0 Å². The number of hydrogen-bond donors (Lipinski definition) is 1. The van der Waals surface area contributed by atoms with E-state index in [-0.39, 0.29) is 29.1 Å². The Morgan fingerprint density at radius 2 is 2.13 bits per heavy atom. The number of amides is 2. The van der Waals surface area contributed by atoms with Gasteiger partial charge < -0.3 is 4.74 Å². The molecule has 4 nitrogen and oxygen atoms in total. The molecule has 0 aromatic rings. The summed E-state index contributed by atoms with van der Waals surface area (Å²) in [5.41, 5.74) is -0.373. The fraction of sp³-hybridized carbons (Fsp3) is 0.818. The molecule has 15 heavy (non-hydrogen) atoms. The average molecular weight is 213 g/mol. The third-order valence-corrected chi connectivity index (χ3v) is 3.00. The van der Waals surface area contributed by atoms with Gasteiger partial charge in [-0.05, 0) is 5.92 Å². The molecule has 2 unspecified atom stereocenters. The predicted molar refractivity (Wildman–Crippen MR) is 56.1 cm³/mol. The number of hydrogen-bond acceptors (Lipinski definition) is 3. The van der Waals surface area contributed by atoms with Crippen molar-refractivity contribution in [3.8, 4) is 0 Å². The normalized spacial score (nSPS) is 31.9. The molecule has 1 fully saturated rings. The van der Waals surface area contributed by atoms with Gasteiger partial charge in [-0.3, -0.25) is 14.9 Å². The van der Waals surface area contributed by atoms with E-state index in [1.54, 1.807) is 7.11 Å². The number of imide groups is 1. The van der Waals surface area contributed by atoms with Crippen LogP contribution < -0.4 is 5.32 Å². The van der Waals surface area contributed by atoms with Gasteiger partial charge in [-0.1, -0.05) is 20.8 Å². The monoisotopic (exact) mass is 213 g/mol. The maximum absolute atomic E-state index is 11.7. The summed E-state index contributed by atoms with van der Waals surface area (Å²) < 4.78 is 5.13. The van der Waals surface area contributed by atoms with Crippen LogP contribution in [0.2, 0.25) is 0 Å². The SMILES string of the molecule is COCC1(C)CC(=O)NC(=O)C1C(C)C. The zero-order chi connectivity index (χ0) is 11.6. The molecule has 1 rings (SSSR count). The first-order valence-electron chi connectivity index (χ1n) is 5.23. The van der Waals surface area contributed by atoms with E-state index in [0.717, 1.165) is 0 Å². The van der Waals surface area contributed by atoms with Crippen LogP contribution >= 0.6 is 0 Å². The van der Waals surface area contributed by atoms with Gasteiger partial charge in [0.15, 0.2) is 0 Å². The number of methoxy groups -OCH3 is 1. The molecule has 2 amide bonds. The van der Waals surface area contributed by atoms with Crippen molar-refractivity contribution in [1.82, 2.24) is 5.32 Å². The van der Waals surface area contributed by atoms with Gasteiger partial charge in [-0.15, -0.1) is 0 Å². The summed E-state index contributed by atoms with van der Waals surface area (Å²) >= 11 is 0. The van der Waals surface area contributed by atoms with Gasteiger partial charge in [0.25, 0.3) is 0 Å². The van der Waals surface area contributed by atoms with Crippen LogP contribution in [0.5, 0.6) is 0 Å². The zero-order valence-electron chi connectivity index (χ0n) is 9.79. The van der Waals surface area contributed by atoms with Crippen LogP contribution in [0.1, 0.15) is 27.2 Å². The Balaban J connectivity index is 2.96. The van der Waals surface area contributed by atoms with Crippen molar-refractivity contribution < 1.29 is 14.3 Å². The van der Waals surface area contributed by atoms with Gasteiger partial charge in [-0.2, -0.15) is 0 Å². The van der Waals surface area contributed by atoms with E-state index in [1.807, 2.05) is 20.8 Å². The van der Waals surface area contributed by atoms with Gasteiger partial charge in [0.05, 0.1) is 6.61 Å². The van der Waals surface area contributed by atoms with Gasteiger partial charge in [0.1, 0.15) is 0 Å². The van der Waals surface area contributed by atoms with Crippen molar-refractivity contribution in [2.75, 3.05) is 13.7 Å². The molecule has 1 aliphatic rings. The first kappa shape index (κ1) is 12.2. The number of carbonyl (C=O) groups excluding carboxylic acids is 2. The first-order valence-corrected chi connectivity index (χ1v) is 5.23. The maximum Gasteiger partial charge on any atom is 0.230 e. The van der Waals surface area contributed by atoms with Crippen molar-refractivity contribution in [2.24, 2.45) is 17.3 Å². The highest BCUT2D eigenvalue weighted by Crippen LogP contribution is 2.39. The largest absolute Gasteiger partial charge is 0.384 e. The van der Waals surface area contributed by atoms with E-state index < -0.39 is 0 Å². The van der Waals surface area contributed by atoms with Gasteiger partial charge >= 0.3 is 0 Å². The molecule has 1 aliphatic heterocycles. The van der Waals surface area contributed by atoms with Gasteiger partial charge in [0.2, 0.25) is 11.8 Å². The zero-order valence-corrected chi connectivity index (χ0v) is 9.79. The summed E-state index contributed by atoms with van der Waals surface area (Å²) in [4.78, 5) is 23.1. The van der Waals surface area contributed by atoms with E-state index in [1.165, 1.54) is 0 Å². The summed E-state index contributed by atoms with van der Waals surface area (Å²) in [6.07, 6.45) is 0.357. The lowest BCUT2D eigenvalue weighted by Crippen LogP contribution is -2.54. The average Bonchev–Trinajstić information content (AvgIpc) is 1.99. The molecule has 1 heterocycles. The van der Waals surface area contributed by atoms with Gasteiger partial charge in [0, 0.05) is 24.9 Å². The third-order valence-electron chi connectivity index (χ3n) is 3.00. The number of rotatable bonds is 3. The highest BCUT2D eigenvalue weighted by molar-refractivity contribution is 5.99. The fourth-order valence-electron chi connectivity index (χ4n) is 2.63. The predicted octanol–water partition coefficient (Wildman–Crippen LogP) is 0.958. The summed E-state index contributed by atoms with van der Waals surface area (Å²) in [6, 6.07) is 0. The van der Waals surface area contributed by atoms with E-state index in [4.69, 9.17) is 4.74 Å². The highest BCUT2D eigenvalue weighted by atomic mass is 16.5. The van der Waals surface area contributed by atoms with E-state index in [9.17, 15) is 9.59 Å². The van der Waals surface area contributed by atoms with Crippen molar-refractivity contribution >= 4 is 11.8 Å². The lowest BCUT2D eigenvalue weighted by Gasteiger charge is -2.41. The number of piperidine rings is 1. The summed E-state index contributed by atoms with van der Waals surface area (Å²) in [5, 5.41) is 2.39. The van der Waals surface area contributed by atoms with Crippen LogP contribution in [0.15, 0.2) is 0 Å². The molecule has 2 atom stereocenters. The molecule has 0 aromatic heterocycles. The Morgan fingerprint density at radius 3 is 2.60 bits per heavy atom. The van der Waals surface area contributed by atoms with Crippen LogP contribution in [0.3, 0.4) is 0 Å². The molecule has 0 aromatic carbocycles. The van der Waals surface area contributed by atoms with E-state index in [0.29, 0.717) is 13.0 Å². The minimum atomic E-state index is -0.373. The molecule has 0 radical (unpaired) electrons. The molecule has 1 saturated heterocycles. The Kier molecular flexibility index (Phi) is 3.50. The van der Waals surface area contributed by atoms with Crippen molar-refractivity contribution in [3.05, 3.63) is 0 Å². The molecule has 0 aliphatic carbocycles. The third kappa shape index (κ3) is 2.37. The van der Waals surface area contributed by atoms with Crippen molar-refractivity contribution in [2.45, 2.75) is 27.2 Å². The maximum atomic E-state index is 11.7. The molecule has 0 bridgehead atoms. The molecule has 0 spiro atoms. The fourth-order valence-corrected chi connectivity index (χ4v) is 2.63. The second kappa shape index (κ2) is 4.31. The quantitative estimate of drug-likeness (QED) is 0.710. The Bertz CT molecular complexity index is 275. The second-order valence-electron chi connectivity index (χ2n) is 4.90. The molecule has 0 saturated carbocycles. The number of nitrogens with one attached hydrogen (secondary N) is 1. The van der Waals surface area contributed by atoms with Crippen molar-refractivity contribution in [3.63, 3.8) is 0 Å². The smallest absolute Gasteiger partial charge is 0.230 e. The van der Waals surface area contributed by atoms with E-state index >= 15 is 0 Å². The van der Waals surface area contributed by atoms with Crippen LogP contribution in [0, 0.1) is 17.3 Å². The summed E-state index contributed by atoms with van der Waals surface area (Å²) in [6.45, 7) is 6.37. The molecular weight excluding hydrogens is 194 g/mol. The van der Waals surface area contributed by atoms with E-state index in [2.05, 4.69) is 5.32 Å². The van der Waals surface area contributed by atoms with Crippen molar-refractivity contribution in [1.29, 1.82) is 0 Å². The second-order valence-corrected chi connectivity index (χ2v) is 4.90. The number of ether oxygens (including phenoxy) is 1. The Labute approximate surface area is 90.4 Å². The number of carbonyl (C=O) groups is 2. The lowest BCUT2D eigenvalue weighted by atomic mass is 9.67. The molecule has 1 N–H and O–H groups in total. The van der Waals surface area contributed by atoms with Crippen LogP contribution in [-0.4, -0.2) is 25.5 Å². The van der Waals surface area contributed by atoms with Gasteiger partial charge in [-0.25, -0.2) is 0 Å². The highest BCUT2D eigenvalue weighted by Gasteiger charge is 2.46. The topological polar surface area (TPSA) is 55.4 Å². The van der Waals surface area contributed by atoms with Crippen LogP contribution in [0.25, 0.3) is 0 Å². The lowest BCUT2D eigenvalue weighted by molar-refractivity contribution is -0.147. The molecule has 86 valence electrons. The minimum Gasteiger partial charge on any atom is -0.384 e. The molecular formula is C11H19NO3. The summed E-state index contributed by atoms with van der Waals surface area (Å²) in [5.74, 6) is -0.314. The Morgan fingerprint density at radius 1 is 1.53 bits per heavy atom. The molecule has 4 heteroatoms. The minimum absolute atomic E-state index is 0.157. The van der Waals surface area contributed by atoms with Crippen LogP contribution in [-0.2, 0) is 14.3 Å². The standard InChI is InChI=1S/C11H19NO3/c1-7(2)9-10(14)12-8(13)5-11(9,3)6-15-4/h7,9H,5-6H2,1-4H3,(H,12,13,14). The first-order chi connectivity index (χ1) is 6.90. The summed E-state index contributed by atoms with van der Waals surface area (Å²) in [7, 11) is 1.60.